The van der Waals surface area contributed by atoms with Crippen molar-refractivity contribution in [1.29, 1.82) is 0 Å². The Hall–Kier alpha value is -2.04. The fourth-order valence-electron chi connectivity index (χ4n) is 2.21. The smallest absolute Gasteiger partial charge is 0.307 e. The average molecular weight is 321 g/mol. The van der Waals surface area contributed by atoms with Gasteiger partial charge in [0.15, 0.2) is 0 Å². The second kappa shape index (κ2) is 5.39. The summed E-state index contributed by atoms with van der Waals surface area (Å²) in [5.74, 6) is 0. The zero-order valence-corrected chi connectivity index (χ0v) is 12.3. The van der Waals surface area contributed by atoms with Gasteiger partial charge in [0.25, 0.3) is 5.56 Å². The van der Waals surface area contributed by atoms with E-state index in [1.54, 1.807) is 24.3 Å². The maximum absolute atomic E-state index is 11.8. The molecule has 2 aromatic carbocycles. The molecule has 1 aromatic heterocycles. The summed E-state index contributed by atoms with van der Waals surface area (Å²) in [6, 6.07) is 10.6. The highest BCUT2D eigenvalue weighted by molar-refractivity contribution is 6.35. The monoisotopic (exact) mass is 320 g/mol. The van der Waals surface area contributed by atoms with Crippen LogP contribution in [0.3, 0.4) is 0 Å². The average Bonchev–Trinajstić information content (AvgIpc) is 2.42. The molecular formula is C15H10Cl2N2O2. The van der Waals surface area contributed by atoms with Crippen LogP contribution in [0.25, 0.3) is 10.9 Å². The molecule has 0 fully saturated rings. The Morgan fingerprint density at radius 1 is 0.952 bits per heavy atom. The standard InChI is InChI=1S/C15H10Cl2N2O2/c16-10-3-2-9(12(17)7-10)5-8-1-4-13-11(6-8)14(20)19-15(21)18-13/h1-4,6-7H,5H2,(H2,18,19,20,21). The van der Waals surface area contributed by atoms with Crippen LogP contribution < -0.4 is 11.2 Å². The van der Waals surface area contributed by atoms with E-state index < -0.39 is 11.2 Å². The number of aromatic nitrogens is 2. The van der Waals surface area contributed by atoms with E-state index in [4.69, 9.17) is 23.2 Å². The number of fused-ring (bicyclic) bond motifs is 1. The van der Waals surface area contributed by atoms with Crippen molar-refractivity contribution in [2.45, 2.75) is 6.42 Å². The molecule has 1 heterocycles. The zero-order valence-electron chi connectivity index (χ0n) is 10.7. The minimum Gasteiger partial charge on any atom is -0.307 e. The van der Waals surface area contributed by atoms with Gasteiger partial charge in [-0.05, 0) is 41.8 Å². The highest BCUT2D eigenvalue weighted by Gasteiger charge is 2.06. The third kappa shape index (κ3) is 2.86. The van der Waals surface area contributed by atoms with Crippen molar-refractivity contribution in [1.82, 2.24) is 9.97 Å². The van der Waals surface area contributed by atoms with Gasteiger partial charge in [0.2, 0.25) is 0 Å². The van der Waals surface area contributed by atoms with E-state index in [0.29, 0.717) is 27.4 Å². The van der Waals surface area contributed by atoms with Crippen LogP contribution in [-0.2, 0) is 6.42 Å². The number of benzene rings is 2. The summed E-state index contributed by atoms with van der Waals surface area (Å²) < 4.78 is 0. The molecule has 4 nitrogen and oxygen atoms in total. The van der Waals surface area contributed by atoms with Crippen LogP contribution in [0.15, 0.2) is 46.0 Å². The first kappa shape index (κ1) is 13.9. The molecule has 6 heteroatoms. The summed E-state index contributed by atoms with van der Waals surface area (Å²) in [7, 11) is 0. The van der Waals surface area contributed by atoms with Crippen molar-refractivity contribution in [3.8, 4) is 0 Å². The molecule has 0 aliphatic carbocycles. The summed E-state index contributed by atoms with van der Waals surface area (Å²) in [4.78, 5) is 27.8. The molecule has 0 bridgehead atoms. The summed E-state index contributed by atoms with van der Waals surface area (Å²) in [5, 5.41) is 1.60. The van der Waals surface area contributed by atoms with Gasteiger partial charge < -0.3 is 4.98 Å². The first-order valence-electron chi connectivity index (χ1n) is 6.22. The number of hydrogen-bond donors (Lipinski definition) is 2. The van der Waals surface area contributed by atoms with Gasteiger partial charge in [-0.25, -0.2) is 4.79 Å². The van der Waals surface area contributed by atoms with Crippen LogP contribution in [0.4, 0.5) is 0 Å². The molecule has 0 saturated heterocycles. The molecule has 3 aromatic rings. The Kier molecular flexibility index (Phi) is 3.57. The molecule has 0 atom stereocenters. The van der Waals surface area contributed by atoms with Crippen molar-refractivity contribution < 1.29 is 0 Å². The molecule has 106 valence electrons. The van der Waals surface area contributed by atoms with Crippen LogP contribution in [0, 0.1) is 0 Å². The maximum Gasteiger partial charge on any atom is 0.326 e. The van der Waals surface area contributed by atoms with E-state index in [9.17, 15) is 9.59 Å². The van der Waals surface area contributed by atoms with Crippen LogP contribution in [0.1, 0.15) is 11.1 Å². The van der Waals surface area contributed by atoms with Crippen molar-refractivity contribution in [3.63, 3.8) is 0 Å². The Labute approximate surface area is 129 Å². The number of H-pyrrole nitrogens is 2. The Balaban J connectivity index is 2.05. The maximum atomic E-state index is 11.8. The van der Waals surface area contributed by atoms with Gasteiger partial charge in [-0.15, -0.1) is 0 Å². The van der Waals surface area contributed by atoms with Crippen molar-refractivity contribution in [2.75, 3.05) is 0 Å². The molecular weight excluding hydrogens is 311 g/mol. The third-order valence-electron chi connectivity index (χ3n) is 3.21. The minimum absolute atomic E-state index is 0.405. The lowest BCUT2D eigenvalue weighted by molar-refractivity contribution is 1.08. The topological polar surface area (TPSA) is 65.7 Å². The minimum atomic E-state index is -0.513. The highest BCUT2D eigenvalue weighted by atomic mass is 35.5. The van der Waals surface area contributed by atoms with Crippen molar-refractivity contribution >= 4 is 34.1 Å². The quantitative estimate of drug-likeness (QED) is 0.762. The molecule has 3 rings (SSSR count). The lowest BCUT2D eigenvalue weighted by Gasteiger charge is -2.06. The molecule has 0 aliphatic rings. The van der Waals surface area contributed by atoms with E-state index in [-0.39, 0.29) is 0 Å². The summed E-state index contributed by atoms with van der Waals surface area (Å²) in [6.07, 6.45) is 0.574. The van der Waals surface area contributed by atoms with Gasteiger partial charge in [-0.2, -0.15) is 0 Å². The van der Waals surface area contributed by atoms with Gasteiger partial charge >= 0.3 is 5.69 Å². The van der Waals surface area contributed by atoms with Crippen LogP contribution in [0.5, 0.6) is 0 Å². The molecule has 2 N–H and O–H groups in total. The molecule has 0 aliphatic heterocycles. The first-order chi connectivity index (χ1) is 10.0. The van der Waals surface area contributed by atoms with Crippen molar-refractivity contribution in [3.05, 3.63) is 78.4 Å². The SMILES string of the molecule is O=c1[nH]c(=O)c2cc(Cc3ccc(Cl)cc3Cl)ccc2[nH]1. The van der Waals surface area contributed by atoms with E-state index in [2.05, 4.69) is 9.97 Å². The third-order valence-corrected chi connectivity index (χ3v) is 3.80. The molecule has 0 saturated carbocycles. The number of nitrogens with one attached hydrogen (secondary N) is 2. The first-order valence-corrected chi connectivity index (χ1v) is 6.98. The van der Waals surface area contributed by atoms with Crippen LogP contribution in [0.2, 0.25) is 10.0 Å². The number of hydrogen-bond acceptors (Lipinski definition) is 2. The second-order valence-electron chi connectivity index (χ2n) is 4.70. The molecule has 0 amide bonds. The molecule has 0 radical (unpaired) electrons. The van der Waals surface area contributed by atoms with Gasteiger partial charge in [0, 0.05) is 10.0 Å². The summed E-state index contributed by atoms with van der Waals surface area (Å²) in [5.41, 5.74) is 1.43. The Morgan fingerprint density at radius 2 is 1.76 bits per heavy atom. The highest BCUT2D eigenvalue weighted by Crippen LogP contribution is 2.24. The van der Waals surface area contributed by atoms with Gasteiger partial charge in [-0.3, -0.25) is 9.78 Å². The summed E-state index contributed by atoms with van der Waals surface area (Å²) in [6.45, 7) is 0. The second-order valence-corrected chi connectivity index (χ2v) is 5.54. The largest absolute Gasteiger partial charge is 0.326 e. The molecule has 21 heavy (non-hydrogen) atoms. The van der Waals surface area contributed by atoms with Gasteiger partial charge in [0.05, 0.1) is 10.9 Å². The fourth-order valence-corrected chi connectivity index (χ4v) is 2.68. The Morgan fingerprint density at radius 3 is 2.52 bits per heavy atom. The zero-order chi connectivity index (χ0) is 15.0. The predicted molar refractivity (Wildman–Crippen MR) is 84.5 cm³/mol. The number of aromatic amines is 2. The Bertz CT molecular complexity index is 944. The number of halogens is 2. The van der Waals surface area contributed by atoms with Crippen molar-refractivity contribution in [2.24, 2.45) is 0 Å². The van der Waals surface area contributed by atoms with E-state index in [1.807, 2.05) is 12.1 Å². The molecule has 0 spiro atoms. The lowest BCUT2D eigenvalue weighted by Crippen LogP contribution is -2.21. The van der Waals surface area contributed by atoms with E-state index in [1.165, 1.54) is 0 Å². The van der Waals surface area contributed by atoms with E-state index in [0.717, 1.165) is 11.1 Å². The number of rotatable bonds is 2. The normalized spacial score (nSPS) is 11.0. The van der Waals surface area contributed by atoms with Crippen LogP contribution in [-0.4, -0.2) is 9.97 Å². The van der Waals surface area contributed by atoms with E-state index >= 15 is 0 Å². The summed E-state index contributed by atoms with van der Waals surface area (Å²) >= 11 is 12.0. The fraction of sp³-hybridized carbons (Fsp3) is 0.0667. The van der Waals surface area contributed by atoms with Gasteiger partial charge in [-0.1, -0.05) is 35.3 Å². The van der Waals surface area contributed by atoms with Gasteiger partial charge in [0.1, 0.15) is 0 Å². The van der Waals surface area contributed by atoms with Crippen LogP contribution >= 0.6 is 23.2 Å². The molecule has 0 unspecified atom stereocenters. The predicted octanol–water partition coefficient (Wildman–Crippen LogP) is 3.11. The lowest BCUT2D eigenvalue weighted by atomic mass is 10.0.